The van der Waals surface area contributed by atoms with Gasteiger partial charge >= 0.3 is 6.18 Å². The first-order chi connectivity index (χ1) is 11.9. The fourth-order valence-corrected chi connectivity index (χ4v) is 2.85. The van der Waals surface area contributed by atoms with Gasteiger partial charge in [0.25, 0.3) is 0 Å². The van der Waals surface area contributed by atoms with Crippen LogP contribution in [0.2, 0.25) is 0 Å². The van der Waals surface area contributed by atoms with Gasteiger partial charge in [-0.15, -0.1) is 0 Å². The predicted octanol–water partition coefficient (Wildman–Crippen LogP) is 2.77. The second-order valence-electron chi connectivity index (χ2n) is 6.17. The maximum atomic E-state index is 13.6. The number of nitrogens with one attached hydrogen (secondary N) is 2. The third-order valence-corrected chi connectivity index (χ3v) is 4.04. The molecule has 2 N–H and O–H groups in total. The Hall–Kier alpha value is -1.83. The fraction of sp³-hybridized carbons (Fsp3) is 0.588. The van der Waals surface area contributed by atoms with Gasteiger partial charge in [-0.3, -0.25) is 4.90 Å². The number of guanidine groups is 1. The molecule has 8 heteroatoms. The number of hydrogen-bond acceptors (Lipinski definition) is 2. The van der Waals surface area contributed by atoms with E-state index in [2.05, 4.69) is 15.6 Å². The molecule has 1 aliphatic heterocycles. The first-order valence-electron chi connectivity index (χ1n) is 8.42. The summed E-state index contributed by atoms with van der Waals surface area (Å²) >= 11 is 0. The van der Waals surface area contributed by atoms with Gasteiger partial charge in [-0.05, 0) is 31.9 Å². The first kappa shape index (κ1) is 19.5. The molecule has 1 unspecified atom stereocenters. The molecule has 0 saturated carbocycles. The smallest absolute Gasteiger partial charge is 0.357 e. The van der Waals surface area contributed by atoms with Crippen molar-refractivity contribution in [2.45, 2.75) is 26.1 Å². The molecule has 1 aromatic carbocycles. The molecule has 4 nitrogen and oxygen atoms in total. The molecule has 1 fully saturated rings. The number of aliphatic imine (C=N–C) groups is 1. The zero-order valence-corrected chi connectivity index (χ0v) is 14.2. The van der Waals surface area contributed by atoms with Crippen molar-refractivity contribution in [2.75, 3.05) is 32.7 Å². The normalized spacial score (nSPS) is 19.2. The monoisotopic (exact) mass is 360 g/mol. The largest absolute Gasteiger partial charge is 0.401 e. The van der Waals surface area contributed by atoms with Crippen LogP contribution in [0.25, 0.3) is 0 Å². The third kappa shape index (κ3) is 6.89. The standard InChI is InChI=1S/C17H24F4N4/c1-2-22-16(24-10-14-5-3-4-6-15(14)18)23-9-13-7-8-25(11-13)12-17(19,20)21/h3-6,13H,2,7-12H2,1H3,(H2,22,23,24). The third-order valence-electron chi connectivity index (χ3n) is 4.04. The van der Waals surface area contributed by atoms with Gasteiger partial charge in [0, 0.05) is 25.2 Å². The maximum Gasteiger partial charge on any atom is 0.401 e. The maximum absolute atomic E-state index is 13.6. The van der Waals surface area contributed by atoms with E-state index in [-0.39, 0.29) is 18.3 Å². The van der Waals surface area contributed by atoms with E-state index in [4.69, 9.17) is 0 Å². The van der Waals surface area contributed by atoms with Crippen LogP contribution in [0.15, 0.2) is 29.3 Å². The van der Waals surface area contributed by atoms with Crippen LogP contribution in [0.1, 0.15) is 18.9 Å². The topological polar surface area (TPSA) is 39.7 Å². The lowest BCUT2D eigenvalue weighted by molar-refractivity contribution is -0.143. The van der Waals surface area contributed by atoms with Gasteiger partial charge < -0.3 is 10.6 Å². The van der Waals surface area contributed by atoms with Crippen molar-refractivity contribution in [3.8, 4) is 0 Å². The molecule has 25 heavy (non-hydrogen) atoms. The van der Waals surface area contributed by atoms with Gasteiger partial charge in [-0.2, -0.15) is 13.2 Å². The van der Waals surface area contributed by atoms with Crippen molar-refractivity contribution in [3.05, 3.63) is 35.6 Å². The Bertz CT molecular complexity index is 574. The fourth-order valence-electron chi connectivity index (χ4n) is 2.85. The lowest BCUT2D eigenvalue weighted by atomic mass is 10.1. The first-order valence-corrected chi connectivity index (χ1v) is 8.42. The Morgan fingerprint density at radius 1 is 1.28 bits per heavy atom. The zero-order valence-electron chi connectivity index (χ0n) is 14.2. The average Bonchev–Trinajstić information content (AvgIpc) is 2.97. The van der Waals surface area contributed by atoms with Crippen LogP contribution in [0, 0.1) is 11.7 Å². The summed E-state index contributed by atoms with van der Waals surface area (Å²) in [5.41, 5.74) is 0.497. The number of likely N-dealkylation sites (tertiary alicyclic amines) is 1. The van der Waals surface area contributed by atoms with Gasteiger partial charge in [0.1, 0.15) is 5.82 Å². The highest BCUT2D eigenvalue weighted by Gasteiger charge is 2.34. The van der Waals surface area contributed by atoms with E-state index in [1.807, 2.05) is 6.92 Å². The molecule has 0 radical (unpaired) electrons. The highest BCUT2D eigenvalue weighted by molar-refractivity contribution is 5.79. The van der Waals surface area contributed by atoms with Crippen LogP contribution in [0.4, 0.5) is 17.6 Å². The number of alkyl halides is 3. The molecule has 0 aromatic heterocycles. The van der Waals surface area contributed by atoms with Gasteiger partial charge in [0.2, 0.25) is 0 Å². The SMILES string of the molecule is CCNC(=NCc1ccccc1F)NCC1CCN(CC(F)(F)F)C1. The van der Waals surface area contributed by atoms with E-state index in [1.165, 1.54) is 11.0 Å². The Kier molecular flexibility index (Phi) is 7.04. The molecular formula is C17H24F4N4. The number of benzene rings is 1. The molecule has 1 aliphatic rings. The summed E-state index contributed by atoms with van der Waals surface area (Å²) in [6.07, 6.45) is -3.44. The molecule has 0 aliphatic carbocycles. The summed E-state index contributed by atoms with van der Waals surface area (Å²) in [6, 6.07) is 6.44. The minimum Gasteiger partial charge on any atom is -0.357 e. The Labute approximate surface area is 145 Å². The Morgan fingerprint density at radius 3 is 2.72 bits per heavy atom. The quantitative estimate of drug-likeness (QED) is 0.466. The van der Waals surface area contributed by atoms with Crippen molar-refractivity contribution in [3.63, 3.8) is 0 Å². The van der Waals surface area contributed by atoms with Crippen molar-refractivity contribution in [2.24, 2.45) is 10.9 Å². The van der Waals surface area contributed by atoms with E-state index in [0.29, 0.717) is 37.7 Å². The van der Waals surface area contributed by atoms with Crippen LogP contribution in [0.3, 0.4) is 0 Å². The number of halogens is 4. The van der Waals surface area contributed by atoms with Gasteiger partial charge in [0.05, 0.1) is 13.1 Å². The van der Waals surface area contributed by atoms with Gasteiger partial charge in [-0.25, -0.2) is 9.38 Å². The van der Waals surface area contributed by atoms with E-state index < -0.39 is 12.7 Å². The van der Waals surface area contributed by atoms with E-state index >= 15 is 0 Å². The molecule has 0 bridgehead atoms. The molecule has 2 rings (SSSR count). The minimum absolute atomic E-state index is 0.139. The highest BCUT2D eigenvalue weighted by atomic mass is 19.4. The molecular weight excluding hydrogens is 336 g/mol. The number of nitrogens with zero attached hydrogens (tertiary/aromatic N) is 2. The van der Waals surface area contributed by atoms with Crippen molar-refractivity contribution < 1.29 is 17.6 Å². The van der Waals surface area contributed by atoms with Gasteiger partial charge in [-0.1, -0.05) is 18.2 Å². The molecule has 0 amide bonds. The predicted molar refractivity (Wildman–Crippen MR) is 89.8 cm³/mol. The second-order valence-corrected chi connectivity index (χ2v) is 6.17. The van der Waals surface area contributed by atoms with E-state index in [1.54, 1.807) is 18.2 Å². The molecule has 1 heterocycles. The van der Waals surface area contributed by atoms with Crippen molar-refractivity contribution >= 4 is 5.96 Å². The summed E-state index contributed by atoms with van der Waals surface area (Å²) in [4.78, 5) is 5.77. The van der Waals surface area contributed by atoms with Crippen LogP contribution < -0.4 is 10.6 Å². The van der Waals surface area contributed by atoms with Crippen molar-refractivity contribution in [1.82, 2.24) is 15.5 Å². The molecule has 1 aromatic rings. The number of rotatable bonds is 6. The molecule has 0 spiro atoms. The average molecular weight is 360 g/mol. The van der Waals surface area contributed by atoms with Crippen LogP contribution in [0.5, 0.6) is 0 Å². The van der Waals surface area contributed by atoms with Crippen LogP contribution in [-0.4, -0.2) is 49.8 Å². The molecule has 1 atom stereocenters. The van der Waals surface area contributed by atoms with Crippen LogP contribution in [-0.2, 0) is 6.54 Å². The van der Waals surface area contributed by atoms with Gasteiger partial charge in [0.15, 0.2) is 5.96 Å². The summed E-state index contributed by atoms with van der Waals surface area (Å²) < 4.78 is 50.9. The Balaban J connectivity index is 1.83. The van der Waals surface area contributed by atoms with E-state index in [9.17, 15) is 17.6 Å². The lowest BCUT2D eigenvalue weighted by Gasteiger charge is -2.18. The Morgan fingerprint density at radius 2 is 2.04 bits per heavy atom. The highest BCUT2D eigenvalue weighted by Crippen LogP contribution is 2.22. The number of hydrogen-bond donors (Lipinski definition) is 2. The van der Waals surface area contributed by atoms with Crippen molar-refractivity contribution in [1.29, 1.82) is 0 Å². The summed E-state index contributed by atoms with van der Waals surface area (Å²) in [6.45, 7) is 3.32. The van der Waals surface area contributed by atoms with E-state index in [0.717, 1.165) is 6.42 Å². The summed E-state index contributed by atoms with van der Waals surface area (Å²) in [5, 5.41) is 6.21. The zero-order chi connectivity index (χ0) is 18.3. The van der Waals surface area contributed by atoms with Crippen LogP contribution >= 0.6 is 0 Å². The summed E-state index contributed by atoms with van der Waals surface area (Å²) in [7, 11) is 0. The lowest BCUT2D eigenvalue weighted by Crippen LogP contribution is -2.40. The molecule has 1 saturated heterocycles. The summed E-state index contributed by atoms with van der Waals surface area (Å²) in [5.74, 6) is 0.375. The minimum atomic E-state index is -4.15. The second kappa shape index (κ2) is 9.03. The molecule has 140 valence electrons.